The van der Waals surface area contributed by atoms with Gasteiger partial charge in [0.15, 0.2) is 0 Å². The predicted octanol–water partition coefficient (Wildman–Crippen LogP) is 3.17. The molecule has 0 saturated heterocycles. The summed E-state index contributed by atoms with van der Waals surface area (Å²) in [5, 5.41) is 3.63. The molecule has 0 heterocycles. The molecule has 2 aromatic rings. The van der Waals surface area contributed by atoms with Crippen LogP contribution >= 0.6 is 15.9 Å². The van der Waals surface area contributed by atoms with Gasteiger partial charge in [-0.3, -0.25) is 4.79 Å². The average Bonchev–Trinajstić information content (AvgIpc) is 2.56. The molecule has 0 unspecified atom stereocenters. The molecule has 128 valence electrons. The molecule has 0 aliphatic carbocycles. The zero-order valence-electron chi connectivity index (χ0n) is 13.3. The number of hydrogen-bond acceptors (Lipinski definition) is 3. The van der Waals surface area contributed by atoms with E-state index in [9.17, 15) is 13.2 Å². The summed E-state index contributed by atoms with van der Waals surface area (Å²) in [6.45, 7) is 2.04. The van der Waals surface area contributed by atoms with Crippen LogP contribution in [0.1, 0.15) is 22.8 Å². The van der Waals surface area contributed by atoms with E-state index in [1.54, 1.807) is 31.2 Å². The van der Waals surface area contributed by atoms with Gasteiger partial charge in [-0.25, -0.2) is 13.1 Å². The van der Waals surface area contributed by atoms with E-state index < -0.39 is 10.0 Å². The Morgan fingerprint density at radius 2 is 1.67 bits per heavy atom. The summed E-state index contributed by atoms with van der Waals surface area (Å²) < 4.78 is 26.2. The number of alkyl halides is 1. The third-order valence-electron chi connectivity index (χ3n) is 3.36. The SMILES string of the molecule is CCNS(=O)(=O)c1ccc(NC(=O)c2ccc(CCBr)cc2)cc1. The number of nitrogens with one attached hydrogen (secondary N) is 2. The molecule has 2 N–H and O–H groups in total. The maximum atomic E-state index is 12.2. The van der Waals surface area contributed by atoms with E-state index in [1.165, 1.54) is 12.1 Å². The minimum absolute atomic E-state index is 0.168. The molecule has 0 saturated carbocycles. The van der Waals surface area contributed by atoms with Crippen LogP contribution in [0.25, 0.3) is 0 Å². The molecule has 1 amide bonds. The van der Waals surface area contributed by atoms with Crippen LogP contribution in [-0.4, -0.2) is 26.2 Å². The lowest BCUT2D eigenvalue weighted by molar-refractivity contribution is 0.102. The van der Waals surface area contributed by atoms with Crippen LogP contribution in [0.3, 0.4) is 0 Å². The van der Waals surface area contributed by atoms with Crippen molar-refractivity contribution in [3.8, 4) is 0 Å². The molecule has 0 spiro atoms. The third-order valence-corrected chi connectivity index (χ3v) is 5.31. The van der Waals surface area contributed by atoms with Crippen molar-refractivity contribution in [2.24, 2.45) is 0 Å². The van der Waals surface area contributed by atoms with Gasteiger partial charge in [0.2, 0.25) is 10.0 Å². The molecule has 0 fully saturated rings. The summed E-state index contributed by atoms with van der Waals surface area (Å²) in [4.78, 5) is 12.4. The number of aryl methyl sites for hydroxylation is 1. The lowest BCUT2D eigenvalue weighted by Gasteiger charge is -2.08. The van der Waals surface area contributed by atoms with Crippen molar-refractivity contribution in [3.05, 3.63) is 59.7 Å². The molecule has 2 aromatic carbocycles. The number of sulfonamides is 1. The van der Waals surface area contributed by atoms with Crippen LogP contribution < -0.4 is 10.0 Å². The highest BCUT2D eigenvalue weighted by atomic mass is 79.9. The van der Waals surface area contributed by atoms with E-state index in [0.29, 0.717) is 17.8 Å². The van der Waals surface area contributed by atoms with Crippen LogP contribution in [-0.2, 0) is 16.4 Å². The Balaban J connectivity index is 2.06. The van der Waals surface area contributed by atoms with Crippen molar-refractivity contribution >= 4 is 37.5 Å². The molecular weight excluding hydrogens is 392 g/mol. The lowest BCUT2D eigenvalue weighted by Crippen LogP contribution is -2.23. The first-order valence-corrected chi connectivity index (χ1v) is 10.1. The highest BCUT2D eigenvalue weighted by Crippen LogP contribution is 2.15. The van der Waals surface area contributed by atoms with Crippen LogP contribution in [0.15, 0.2) is 53.4 Å². The van der Waals surface area contributed by atoms with E-state index in [2.05, 4.69) is 26.0 Å². The smallest absolute Gasteiger partial charge is 0.255 e. The normalized spacial score (nSPS) is 11.2. The van der Waals surface area contributed by atoms with Crippen molar-refractivity contribution < 1.29 is 13.2 Å². The average molecular weight is 411 g/mol. The molecule has 2 rings (SSSR count). The number of carbonyl (C=O) groups is 1. The standard InChI is InChI=1S/C17H19BrN2O3S/c1-2-19-24(22,23)16-9-7-15(8-10-16)20-17(21)14-5-3-13(4-6-14)11-12-18/h3-10,19H,2,11-12H2,1H3,(H,20,21). The Bertz CT molecular complexity index is 788. The Labute approximate surface area is 150 Å². The summed E-state index contributed by atoms with van der Waals surface area (Å²) in [7, 11) is -3.48. The Morgan fingerprint density at radius 3 is 2.21 bits per heavy atom. The van der Waals surface area contributed by atoms with Gasteiger partial charge in [-0.05, 0) is 48.4 Å². The second kappa shape index (κ2) is 8.41. The van der Waals surface area contributed by atoms with E-state index in [-0.39, 0.29) is 10.8 Å². The number of amides is 1. The van der Waals surface area contributed by atoms with Gasteiger partial charge in [0.25, 0.3) is 5.91 Å². The van der Waals surface area contributed by atoms with Crippen molar-refractivity contribution in [2.75, 3.05) is 17.2 Å². The summed E-state index contributed by atoms with van der Waals surface area (Å²) >= 11 is 3.38. The Hall–Kier alpha value is -1.70. The zero-order chi connectivity index (χ0) is 17.6. The van der Waals surface area contributed by atoms with Gasteiger partial charge in [0.1, 0.15) is 0 Å². The second-order valence-corrected chi connectivity index (χ2v) is 7.68. The minimum Gasteiger partial charge on any atom is -0.322 e. The summed E-state index contributed by atoms with van der Waals surface area (Å²) in [5.41, 5.74) is 2.25. The summed E-state index contributed by atoms with van der Waals surface area (Å²) in [6.07, 6.45) is 0.906. The molecule has 0 aromatic heterocycles. The van der Waals surface area contributed by atoms with Crippen molar-refractivity contribution in [3.63, 3.8) is 0 Å². The fourth-order valence-corrected chi connectivity index (χ4v) is 3.62. The largest absolute Gasteiger partial charge is 0.322 e. The van der Waals surface area contributed by atoms with E-state index in [1.807, 2.05) is 12.1 Å². The molecule has 24 heavy (non-hydrogen) atoms. The molecular formula is C17H19BrN2O3S. The molecule has 0 radical (unpaired) electrons. The number of rotatable bonds is 7. The summed E-state index contributed by atoms with van der Waals surface area (Å²) in [5.74, 6) is -0.234. The number of benzene rings is 2. The maximum absolute atomic E-state index is 12.2. The maximum Gasteiger partial charge on any atom is 0.255 e. The van der Waals surface area contributed by atoms with Gasteiger partial charge in [-0.15, -0.1) is 0 Å². The molecule has 0 aliphatic rings. The van der Waals surface area contributed by atoms with Crippen LogP contribution in [0.2, 0.25) is 0 Å². The second-order valence-electron chi connectivity index (χ2n) is 5.12. The highest BCUT2D eigenvalue weighted by Gasteiger charge is 2.12. The van der Waals surface area contributed by atoms with Crippen molar-refractivity contribution in [1.82, 2.24) is 4.72 Å². The fraction of sp³-hybridized carbons (Fsp3) is 0.235. The van der Waals surface area contributed by atoms with Crippen LogP contribution in [0.5, 0.6) is 0 Å². The highest BCUT2D eigenvalue weighted by molar-refractivity contribution is 9.09. The fourth-order valence-electron chi connectivity index (χ4n) is 2.13. The number of anilines is 1. The zero-order valence-corrected chi connectivity index (χ0v) is 15.7. The number of carbonyl (C=O) groups excluding carboxylic acids is 1. The van der Waals surface area contributed by atoms with Crippen LogP contribution in [0.4, 0.5) is 5.69 Å². The van der Waals surface area contributed by atoms with Crippen molar-refractivity contribution in [1.29, 1.82) is 0 Å². The van der Waals surface area contributed by atoms with Gasteiger partial charge >= 0.3 is 0 Å². The topological polar surface area (TPSA) is 75.3 Å². The molecule has 0 bridgehead atoms. The molecule has 0 aliphatic heterocycles. The van der Waals surface area contributed by atoms with Gasteiger partial charge in [0.05, 0.1) is 4.90 Å². The summed E-state index contributed by atoms with van der Waals surface area (Å²) in [6, 6.07) is 13.5. The van der Waals surface area contributed by atoms with Gasteiger partial charge in [-0.1, -0.05) is 35.0 Å². The minimum atomic E-state index is -3.48. The van der Waals surface area contributed by atoms with Crippen molar-refractivity contribution in [2.45, 2.75) is 18.2 Å². The Kier molecular flexibility index (Phi) is 6.53. The quantitative estimate of drug-likeness (QED) is 0.688. The first-order chi connectivity index (χ1) is 11.5. The number of halogens is 1. The molecule has 0 atom stereocenters. The first-order valence-electron chi connectivity index (χ1n) is 7.52. The monoisotopic (exact) mass is 410 g/mol. The first kappa shape index (κ1) is 18.6. The van der Waals surface area contributed by atoms with Gasteiger partial charge < -0.3 is 5.32 Å². The third kappa shape index (κ3) is 4.90. The van der Waals surface area contributed by atoms with Gasteiger partial charge in [0, 0.05) is 23.1 Å². The number of hydrogen-bond donors (Lipinski definition) is 2. The Morgan fingerprint density at radius 1 is 1.04 bits per heavy atom. The molecule has 7 heteroatoms. The lowest BCUT2D eigenvalue weighted by atomic mass is 10.1. The van der Waals surface area contributed by atoms with Gasteiger partial charge in [-0.2, -0.15) is 0 Å². The van der Waals surface area contributed by atoms with E-state index >= 15 is 0 Å². The molecule has 5 nitrogen and oxygen atoms in total. The van der Waals surface area contributed by atoms with E-state index in [0.717, 1.165) is 17.3 Å². The predicted molar refractivity (Wildman–Crippen MR) is 99.2 cm³/mol. The van der Waals surface area contributed by atoms with E-state index in [4.69, 9.17) is 0 Å². The van der Waals surface area contributed by atoms with Crippen LogP contribution in [0, 0.1) is 0 Å².